The van der Waals surface area contributed by atoms with Gasteiger partial charge in [0.25, 0.3) is 0 Å². The van der Waals surface area contributed by atoms with Gasteiger partial charge in [0.15, 0.2) is 12.3 Å². The van der Waals surface area contributed by atoms with E-state index in [0.717, 1.165) is 36.5 Å². The Balaban J connectivity index is 0.000000973. The maximum absolute atomic E-state index is 10.7. The quantitative estimate of drug-likeness (QED) is 0.0944. The van der Waals surface area contributed by atoms with Crippen LogP contribution in [0.3, 0.4) is 0 Å². The lowest BCUT2D eigenvalue weighted by Gasteiger charge is -2.26. The molecule has 1 unspecified atom stereocenters. The minimum Gasteiger partial charge on any atom is -0.542 e. The summed E-state index contributed by atoms with van der Waals surface area (Å²) in [6.07, 6.45) is 4.44. The van der Waals surface area contributed by atoms with Gasteiger partial charge in [-0.3, -0.25) is 4.79 Å². The summed E-state index contributed by atoms with van der Waals surface area (Å²) >= 11 is 7.23. The average Bonchev–Trinajstić information content (AvgIpc) is 3.52. The van der Waals surface area contributed by atoms with Crippen LogP contribution >= 0.6 is 11.6 Å². The van der Waals surface area contributed by atoms with E-state index in [1.807, 2.05) is 0 Å². The van der Waals surface area contributed by atoms with Gasteiger partial charge < -0.3 is 38.9 Å². The van der Waals surface area contributed by atoms with Gasteiger partial charge in [0.05, 0.1) is 57.2 Å². The Labute approximate surface area is 343 Å². The smallest absolute Gasteiger partial charge is 0.430 e. The molecule has 2 aliphatic heterocycles. The van der Waals surface area contributed by atoms with Gasteiger partial charge in [-0.25, -0.2) is 0 Å². The highest BCUT2D eigenvalue weighted by Crippen LogP contribution is 2.47. The highest BCUT2D eigenvalue weighted by molar-refractivity contribution is 6.30. The molecule has 0 amide bonds. The molecule has 0 saturated heterocycles. The molecule has 58 heavy (non-hydrogen) atoms. The molecule has 0 aromatic heterocycles. The van der Waals surface area contributed by atoms with E-state index in [4.69, 9.17) is 45.6 Å². The zero-order valence-electron chi connectivity index (χ0n) is 33.8. The number of hydrogen-bond acceptors (Lipinski definition) is 8. The Bertz CT molecular complexity index is 1910. The van der Waals surface area contributed by atoms with Crippen molar-refractivity contribution in [2.75, 3.05) is 71.3 Å². The fraction of sp³-hybridized carbons (Fsp3) is 0.500. The number of benzene rings is 2. The van der Waals surface area contributed by atoms with Crippen LogP contribution in [-0.4, -0.2) is 100.0 Å². The van der Waals surface area contributed by atoms with Crippen molar-refractivity contribution in [2.45, 2.75) is 70.4 Å². The number of aliphatic carboxylic acids is 2. The summed E-state index contributed by atoms with van der Waals surface area (Å²) in [6.45, 7) is 13.8. The number of ether oxygens (including phenoxy) is 4. The molecule has 0 spiro atoms. The molecule has 316 valence electrons. The average molecular weight is 831 g/mol. The van der Waals surface area contributed by atoms with Gasteiger partial charge in [-0.2, -0.15) is 17.7 Å². The summed E-state index contributed by atoms with van der Waals surface area (Å²) in [6, 6.07) is 17.2. The largest absolute Gasteiger partial charge is 0.542 e. The number of para-hydroxylation sites is 2. The second kappa shape index (κ2) is 21.2. The first-order valence-corrected chi connectivity index (χ1v) is 19.8. The number of carbonyl (C=O) groups excluding carboxylic acids is 1. The van der Waals surface area contributed by atoms with E-state index in [9.17, 15) is 18.0 Å². The zero-order valence-corrected chi connectivity index (χ0v) is 34.6. The van der Waals surface area contributed by atoms with E-state index in [0.29, 0.717) is 46.2 Å². The maximum atomic E-state index is 10.7. The van der Waals surface area contributed by atoms with Crippen LogP contribution in [0.2, 0.25) is 0 Å². The van der Waals surface area contributed by atoms with Gasteiger partial charge in [-0.05, 0) is 70.2 Å². The molecule has 1 N–H and O–H groups in total. The van der Waals surface area contributed by atoms with E-state index in [1.54, 1.807) is 7.11 Å². The number of rotatable bonds is 18. The molecule has 0 bridgehead atoms. The molecule has 1 aliphatic carbocycles. The van der Waals surface area contributed by atoms with Gasteiger partial charge >= 0.3 is 12.1 Å². The summed E-state index contributed by atoms with van der Waals surface area (Å²) in [5.41, 5.74) is 11.8. The summed E-state index contributed by atoms with van der Waals surface area (Å²) < 4.78 is 56.2. The third-order valence-electron chi connectivity index (χ3n) is 10.4. The van der Waals surface area contributed by atoms with E-state index < -0.39 is 18.1 Å². The molecule has 5 rings (SSSR count). The number of nitrogens with zero attached hydrogens (tertiary/aromatic N) is 2. The number of halogens is 4. The Kier molecular flexibility index (Phi) is 16.9. The number of hydrogen-bond donors (Lipinski definition) is 1. The summed E-state index contributed by atoms with van der Waals surface area (Å²) in [5.74, 6) is -3.78. The van der Waals surface area contributed by atoms with Crippen LogP contribution in [-0.2, 0) is 39.4 Å². The monoisotopic (exact) mass is 830 g/mol. The van der Waals surface area contributed by atoms with E-state index in [1.165, 1.54) is 33.8 Å². The Morgan fingerprint density at radius 2 is 1.55 bits per heavy atom. The molecule has 0 fully saturated rings. The molecule has 2 aromatic rings. The predicted octanol–water partition coefficient (Wildman–Crippen LogP) is 7.22. The van der Waals surface area contributed by atoms with Crippen molar-refractivity contribution in [2.24, 2.45) is 5.92 Å². The first kappa shape index (κ1) is 46.5. The third-order valence-corrected chi connectivity index (χ3v) is 10.9. The van der Waals surface area contributed by atoms with Gasteiger partial charge in [0.1, 0.15) is 12.6 Å². The lowest BCUT2D eigenvalue weighted by atomic mass is 9.81. The fourth-order valence-electron chi connectivity index (χ4n) is 7.41. The molecular formula is C44H54ClF3N2O8. The maximum Gasteiger partial charge on any atom is 0.430 e. The van der Waals surface area contributed by atoms with Crippen molar-refractivity contribution in [1.29, 1.82) is 0 Å². The minimum atomic E-state index is -5.19. The molecule has 2 aromatic carbocycles. The van der Waals surface area contributed by atoms with Gasteiger partial charge in [-0.15, -0.1) is 5.73 Å². The van der Waals surface area contributed by atoms with Crippen molar-refractivity contribution in [3.63, 3.8) is 0 Å². The van der Waals surface area contributed by atoms with Gasteiger partial charge in [0.2, 0.25) is 5.69 Å². The number of methoxy groups -OCH3 is 1. The molecule has 10 nitrogen and oxygen atoms in total. The highest BCUT2D eigenvalue weighted by Gasteiger charge is 2.44. The van der Waals surface area contributed by atoms with Crippen LogP contribution < -0.4 is 10.0 Å². The normalized spacial score (nSPS) is 18.2. The molecule has 3 aliphatic rings. The Morgan fingerprint density at radius 3 is 2.22 bits per heavy atom. The van der Waals surface area contributed by atoms with Crippen LogP contribution in [0.4, 0.5) is 24.5 Å². The topological polar surface area (TPSA) is 121 Å². The third kappa shape index (κ3) is 11.9. The number of fused-ring (bicyclic) bond motifs is 2. The first-order chi connectivity index (χ1) is 27.5. The van der Waals surface area contributed by atoms with Crippen LogP contribution in [0.15, 0.2) is 88.8 Å². The number of carbonyl (C=O) groups is 2. The summed E-state index contributed by atoms with van der Waals surface area (Å²) in [4.78, 5) is 21.8. The number of carboxylic acids is 2. The van der Waals surface area contributed by atoms with Crippen molar-refractivity contribution in [1.82, 2.24) is 0 Å². The predicted molar refractivity (Wildman–Crippen MR) is 215 cm³/mol. The number of carboxylic acid groups (broad SMARTS) is 2. The molecule has 2 heterocycles. The van der Waals surface area contributed by atoms with Crippen molar-refractivity contribution in [3.05, 3.63) is 99.9 Å². The van der Waals surface area contributed by atoms with Crippen LogP contribution in [0.1, 0.15) is 64.5 Å². The summed E-state index contributed by atoms with van der Waals surface area (Å²) in [7, 11) is 1.69. The van der Waals surface area contributed by atoms with E-state index in [2.05, 4.69) is 110 Å². The molecule has 0 radical (unpaired) electrons. The fourth-order valence-corrected chi connectivity index (χ4v) is 7.74. The van der Waals surface area contributed by atoms with Crippen molar-refractivity contribution < 1.29 is 56.5 Å². The van der Waals surface area contributed by atoms with Gasteiger partial charge in [0, 0.05) is 53.4 Å². The zero-order chi connectivity index (χ0) is 42.5. The number of allylic oxidation sites excluding steroid dienone is 5. The molecule has 0 saturated carbocycles. The van der Waals surface area contributed by atoms with Gasteiger partial charge in [-0.1, -0.05) is 54.1 Å². The van der Waals surface area contributed by atoms with Crippen LogP contribution in [0.25, 0.3) is 0 Å². The SMILES string of the molecule is COCCOCCN1C(=C=CC2CCCC(/C=C/C3=[N+](CCOCCOCCC(=O)O)c4ccccc4C3(C)C)=C2Cl)C(C)(C)c2ccccc21.O=C([O-])C(F)(F)F. The van der Waals surface area contributed by atoms with E-state index >= 15 is 0 Å². The number of anilines is 1. The molecule has 1 atom stereocenters. The lowest BCUT2D eigenvalue weighted by molar-refractivity contribution is -0.442. The Morgan fingerprint density at radius 1 is 0.931 bits per heavy atom. The number of alkyl halides is 3. The second-order valence-corrected chi connectivity index (χ2v) is 15.5. The van der Waals surface area contributed by atoms with Crippen LogP contribution in [0.5, 0.6) is 0 Å². The minimum absolute atomic E-state index is 0.00302. The lowest BCUT2D eigenvalue weighted by Crippen LogP contribution is -2.37. The highest BCUT2D eigenvalue weighted by atomic mass is 35.5. The molecule has 14 heteroatoms. The summed E-state index contributed by atoms with van der Waals surface area (Å²) in [5, 5.41) is 18.5. The first-order valence-electron chi connectivity index (χ1n) is 19.4. The van der Waals surface area contributed by atoms with E-state index in [-0.39, 0.29) is 29.8 Å². The van der Waals surface area contributed by atoms with Crippen molar-refractivity contribution in [3.8, 4) is 0 Å². The molecular weight excluding hydrogens is 777 g/mol. The Hall–Kier alpha value is -4.23. The standard InChI is InChI=1S/C42H53ClN2O6.C2HF3O2/c1-41(2)33-13-6-8-15-35(33)44(22-25-50-28-27-48-5)37(41)19-17-31-11-10-12-32(40(31)43)18-20-38-42(3,4)34-14-7-9-16-36(34)45(38)23-26-51-30-29-49-24-21-39(46)47;3-2(4,5)1(6)7/h6-9,13-18,20,31H,10-12,21-30H2,1-5H3;(H,6,7)/b20-18+;. The second-order valence-electron chi connectivity index (χ2n) is 15.1. The van der Waals surface area contributed by atoms with Crippen molar-refractivity contribution >= 4 is 40.6 Å². The van der Waals surface area contributed by atoms with Crippen LogP contribution in [0, 0.1) is 5.92 Å².